The number of hydrogen-bond donors (Lipinski definition) is 1. The van der Waals surface area contributed by atoms with Crippen LogP contribution >= 0.6 is 11.6 Å². The molecule has 2 unspecified atom stereocenters. The van der Waals surface area contributed by atoms with Gasteiger partial charge in [0.15, 0.2) is 0 Å². The standard InChI is InChI=1S/C23H25ClFN3O2/c1-16(14-28-15-19(24)13-27-28)23(29)26-12-11-22(17-3-7-20(25)8-4-17)18-5-9-21(30-2)10-6-18/h3-10,13,15-16,22H,11-12,14H2,1-2H3,(H,26,29). The molecular formula is C23H25ClFN3O2. The molecular weight excluding hydrogens is 405 g/mol. The molecule has 0 radical (unpaired) electrons. The average molecular weight is 430 g/mol. The Morgan fingerprint density at radius 3 is 2.37 bits per heavy atom. The third-order valence-corrected chi connectivity index (χ3v) is 5.23. The molecule has 5 nitrogen and oxygen atoms in total. The van der Waals surface area contributed by atoms with E-state index in [1.165, 1.54) is 12.1 Å². The molecule has 0 aliphatic heterocycles. The monoisotopic (exact) mass is 429 g/mol. The van der Waals surface area contributed by atoms with Crippen LogP contribution in [0.2, 0.25) is 5.02 Å². The van der Waals surface area contributed by atoms with Gasteiger partial charge in [-0.2, -0.15) is 5.10 Å². The number of nitrogens with zero attached hydrogens (tertiary/aromatic N) is 2. The van der Waals surface area contributed by atoms with E-state index in [0.29, 0.717) is 24.5 Å². The zero-order chi connectivity index (χ0) is 21.5. The van der Waals surface area contributed by atoms with Crippen molar-refractivity contribution in [2.24, 2.45) is 5.92 Å². The van der Waals surface area contributed by atoms with Gasteiger partial charge in [0.2, 0.25) is 5.91 Å². The number of methoxy groups -OCH3 is 1. The van der Waals surface area contributed by atoms with Gasteiger partial charge >= 0.3 is 0 Å². The lowest BCUT2D eigenvalue weighted by Crippen LogP contribution is -2.33. The molecule has 1 aromatic heterocycles. The van der Waals surface area contributed by atoms with Gasteiger partial charge in [-0.25, -0.2) is 4.39 Å². The fourth-order valence-corrected chi connectivity index (χ4v) is 3.53. The van der Waals surface area contributed by atoms with E-state index in [0.717, 1.165) is 16.9 Å². The van der Waals surface area contributed by atoms with Crippen molar-refractivity contribution < 1.29 is 13.9 Å². The third-order valence-electron chi connectivity index (χ3n) is 5.03. The van der Waals surface area contributed by atoms with Crippen LogP contribution in [0.5, 0.6) is 5.75 Å². The molecule has 0 bridgehead atoms. The number of carbonyl (C=O) groups excluding carboxylic acids is 1. The minimum atomic E-state index is -0.270. The Labute approximate surface area is 180 Å². The van der Waals surface area contributed by atoms with E-state index < -0.39 is 0 Å². The topological polar surface area (TPSA) is 56.1 Å². The Morgan fingerprint density at radius 1 is 1.17 bits per heavy atom. The summed E-state index contributed by atoms with van der Waals surface area (Å²) in [6, 6.07) is 14.3. The summed E-state index contributed by atoms with van der Waals surface area (Å²) in [5.74, 6) is 0.239. The van der Waals surface area contributed by atoms with Crippen molar-refractivity contribution >= 4 is 17.5 Å². The summed E-state index contributed by atoms with van der Waals surface area (Å²) in [7, 11) is 1.63. The molecule has 158 valence electrons. The van der Waals surface area contributed by atoms with Crippen LogP contribution < -0.4 is 10.1 Å². The average Bonchev–Trinajstić information content (AvgIpc) is 3.16. The number of benzene rings is 2. The van der Waals surface area contributed by atoms with Gasteiger partial charge in [0.1, 0.15) is 11.6 Å². The van der Waals surface area contributed by atoms with Crippen molar-refractivity contribution in [3.05, 3.63) is 82.9 Å². The smallest absolute Gasteiger partial charge is 0.224 e. The first-order valence-corrected chi connectivity index (χ1v) is 10.2. The van der Waals surface area contributed by atoms with Gasteiger partial charge in [-0.3, -0.25) is 9.48 Å². The third kappa shape index (κ3) is 5.83. The van der Waals surface area contributed by atoms with Crippen LogP contribution in [0.3, 0.4) is 0 Å². The second-order valence-corrected chi connectivity index (χ2v) is 7.68. The van der Waals surface area contributed by atoms with Crippen molar-refractivity contribution in [3.63, 3.8) is 0 Å². The van der Waals surface area contributed by atoms with Crippen molar-refractivity contribution in [1.82, 2.24) is 15.1 Å². The summed E-state index contributed by atoms with van der Waals surface area (Å²) in [5, 5.41) is 7.66. The van der Waals surface area contributed by atoms with Crippen LogP contribution in [0.15, 0.2) is 60.9 Å². The summed E-state index contributed by atoms with van der Waals surface area (Å²) in [6.07, 6.45) is 3.93. The Morgan fingerprint density at radius 2 is 1.80 bits per heavy atom. The van der Waals surface area contributed by atoms with Gasteiger partial charge in [0, 0.05) is 18.7 Å². The van der Waals surface area contributed by atoms with E-state index in [-0.39, 0.29) is 23.6 Å². The maximum atomic E-state index is 13.4. The Kier molecular flexibility index (Phi) is 7.46. The SMILES string of the molecule is COc1ccc(C(CCNC(=O)C(C)Cn2cc(Cl)cn2)c2ccc(F)cc2)cc1. The second-order valence-electron chi connectivity index (χ2n) is 7.24. The maximum absolute atomic E-state index is 13.4. The van der Waals surface area contributed by atoms with Crippen LogP contribution in [0, 0.1) is 11.7 Å². The number of rotatable bonds is 9. The van der Waals surface area contributed by atoms with Crippen LogP contribution in [0.25, 0.3) is 0 Å². The zero-order valence-corrected chi connectivity index (χ0v) is 17.8. The molecule has 30 heavy (non-hydrogen) atoms. The van der Waals surface area contributed by atoms with Gasteiger partial charge in [-0.15, -0.1) is 0 Å². The van der Waals surface area contributed by atoms with Gasteiger partial charge in [0.05, 0.1) is 30.8 Å². The first-order chi connectivity index (χ1) is 14.5. The fourth-order valence-electron chi connectivity index (χ4n) is 3.37. The van der Waals surface area contributed by atoms with Crippen molar-refractivity contribution in [3.8, 4) is 5.75 Å². The van der Waals surface area contributed by atoms with Gasteiger partial charge in [0.25, 0.3) is 0 Å². The van der Waals surface area contributed by atoms with Crippen LogP contribution in [0.1, 0.15) is 30.4 Å². The number of aromatic nitrogens is 2. The van der Waals surface area contributed by atoms with Crippen molar-refractivity contribution in [2.75, 3.05) is 13.7 Å². The molecule has 0 fully saturated rings. The summed E-state index contributed by atoms with van der Waals surface area (Å²) < 4.78 is 20.3. The van der Waals surface area contributed by atoms with E-state index >= 15 is 0 Å². The maximum Gasteiger partial charge on any atom is 0.224 e. The fraction of sp³-hybridized carbons (Fsp3) is 0.304. The van der Waals surface area contributed by atoms with E-state index in [1.54, 1.807) is 36.3 Å². The van der Waals surface area contributed by atoms with Gasteiger partial charge < -0.3 is 10.1 Å². The number of halogens is 2. The minimum Gasteiger partial charge on any atom is -0.497 e. The molecule has 3 rings (SSSR count). The lowest BCUT2D eigenvalue weighted by molar-refractivity contribution is -0.124. The van der Waals surface area contributed by atoms with E-state index in [2.05, 4.69) is 10.4 Å². The lowest BCUT2D eigenvalue weighted by Gasteiger charge is -2.20. The Hall–Kier alpha value is -2.86. The van der Waals surface area contributed by atoms with Crippen LogP contribution in [-0.2, 0) is 11.3 Å². The highest BCUT2D eigenvalue weighted by Crippen LogP contribution is 2.29. The predicted molar refractivity (Wildman–Crippen MR) is 115 cm³/mol. The summed E-state index contributed by atoms with van der Waals surface area (Å²) in [6.45, 7) is 2.81. The summed E-state index contributed by atoms with van der Waals surface area (Å²) in [4.78, 5) is 12.5. The molecule has 0 saturated heterocycles. The number of carbonyl (C=O) groups is 1. The molecule has 0 saturated carbocycles. The quantitative estimate of drug-likeness (QED) is 0.538. The Balaban J connectivity index is 1.64. The molecule has 3 aromatic rings. The Bertz CT molecular complexity index is 957. The van der Waals surface area contributed by atoms with Crippen LogP contribution in [0.4, 0.5) is 4.39 Å². The number of nitrogens with one attached hydrogen (secondary N) is 1. The molecule has 1 N–H and O–H groups in total. The molecule has 0 spiro atoms. The highest BCUT2D eigenvalue weighted by molar-refractivity contribution is 6.30. The molecule has 2 atom stereocenters. The second kappa shape index (κ2) is 10.3. The van der Waals surface area contributed by atoms with Crippen molar-refractivity contribution in [1.29, 1.82) is 0 Å². The number of hydrogen-bond acceptors (Lipinski definition) is 3. The lowest BCUT2D eigenvalue weighted by atomic mass is 9.88. The minimum absolute atomic E-state index is 0.0250. The largest absolute Gasteiger partial charge is 0.497 e. The van der Waals surface area contributed by atoms with Crippen molar-refractivity contribution in [2.45, 2.75) is 25.8 Å². The molecule has 1 amide bonds. The normalized spacial score (nSPS) is 12.9. The molecule has 0 aliphatic rings. The summed E-state index contributed by atoms with van der Waals surface area (Å²) >= 11 is 5.87. The van der Waals surface area contributed by atoms with Gasteiger partial charge in [-0.05, 0) is 41.8 Å². The number of ether oxygens (including phenoxy) is 1. The van der Waals surface area contributed by atoms with Gasteiger partial charge in [-0.1, -0.05) is 42.8 Å². The molecule has 1 heterocycles. The first kappa shape index (κ1) is 21.8. The predicted octanol–water partition coefficient (Wildman–Crippen LogP) is 4.66. The van der Waals surface area contributed by atoms with E-state index in [4.69, 9.17) is 16.3 Å². The highest BCUT2D eigenvalue weighted by atomic mass is 35.5. The van der Waals surface area contributed by atoms with Crippen LogP contribution in [-0.4, -0.2) is 29.3 Å². The zero-order valence-electron chi connectivity index (χ0n) is 17.0. The van der Waals surface area contributed by atoms with E-state index in [1.807, 2.05) is 31.2 Å². The van der Waals surface area contributed by atoms with E-state index in [9.17, 15) is 9.18 Å². The summed E-state index contributed by atoms with van der Waals surface area (Å²) in [5.41, 5.74) is 2.07. The number of amides is 1. The molecule has 7 heteroatoms. The highest BCUT2D eigenvalue weighted by Gasteiger charge is 2.17. The molecule has 0 aliphatic carbocycles. The molecule has 2 aromatic carbocycles. The first-order valence-electron chi connectivity index (χ1n) is 9.81.